The number of unbranched alkanes of at least 4 members (excludes halogenated alkanes) is 1. The number of hydrogen-bond donors (Lipinski definition) is 0. The Morgan fingerprint density at radius 3 is 2.58 bits per heavy atom. The second kappa shape index (κ2) is 7.78. The molecular weight excluding hydrogens is 298 g/mol. The number of carbonyl (C=O) groups is 1. The first-order valence-corrected chi connectivity index (χ1v) is 8.89. The maximum atomic E-state index is 12.9. The number of nitrogens with zero attached hydrogens (tertiary/aromatic N) is 1. The molecule has 1 atom stereocenters. The van der Waals surface area contributed by atoms with Crippen LogP contribution in [0.2, 0.25) is 0 Å². The summed E-state index contributed by atoms with van der Waals surface area (Å²) in [5.41, 5.74) is 0.830. The Hall–Kier alpha value is -1.90. The van der Waals surface area contributed by atoms with Crippen molar-refractivity contribution < 1.29 is 9.53 Å². The van der Waals surface area contributed by atoms with E-state index in [1.165, 1.54) is 0 Å². The first-order valence-electron chi connectivity index (χ1n) is 8.89. The number of carbonyl (C=O) groups excluding carboxylic acids is 1. The molecule has 1 aliphatic heterocycles. The van der Waals surface area contributed by atoms with Crippen LogP contribution < -0.4 is 0 Å². The maximum absolute atomic E-state index is 12.9. The molecule has 0 N–H and O–H groups in total. The molecule has 0 aromatic heterocycles. The Labute approximate surface area is 145 Å². The number of esters is 1. The number of benzene rings is 1. The largest absolute Gasteiger partial charge is 0.458 e. The van der Waals surface area contributed by atoms with Gasteiger partial charge in [0.05, 0.1) is 0 Å². The average Bonchev–Trinajstić information content (AvgIpc) is 2.97. The summed E-state index contributed by atoms with van der Waals surface area (Å²) in [4.78, 5) is 17.7. The molecule has 0 amide bonds. The minimum absolute atomic E-state index is 0.206. The third-order valence-corrected chi connectivity index (χ3v) is 4.09. The van der Waals surface area contributed by atoms with Gasteiger partial charge in [-0.05, 0) is 45.6 Å². The summed E-state index contributed by atoms with van der Waals surface area (Å²) in [5, 5.41) is 0. The van der Waals surface area contributed by atoms with Gasteiger partial charge >= 0.3 is 5.97 Å². The Morgan fingerprint density at radius 2 is 1.96 bits per heavy atom. The van der Waals surface area contributed by atoms with Crippen molar-refractivity contribution in [2.24, 2.45) is 4.99 Å². The Balaban J connectivity index is 2.27. The first-order chi connectivity index (χ1) is 11.4. The third-order valence-electron chi connectivity index (χ3n) is 4.09. The van der Waals surface area contributed by atoms with Gasteiger partial charge in [-0.1, -0.05) is 55.8 Å². The van der Waals surface area contributed by atoms with Gasteiger partial charge in [-0.3, -0.25) is 4.99 Å². The first kappa shape index (κ1) is 18.4. The third kappa shape index (κ3) is 4.80. The maximum Gasteiger partial charge on any atom is 0.334 e. The van der Waals surface area contributed by atoms with Gasteiger partial charge in [0.15, 0.2) is 5.54 Å². The van der Waals surface area contributed by atoms with Gasteiger partial charge in [0.1, 0.15) is 5.60 Å². The lowest BCUT2D eigenvalue weighted by Gasteiger charge is -2.28. The molecule has 1 heterocycles. The quantitative estimate of drug-likeness (QED) is 0.539. The van der Waals surface area contributed by atoms with E-state index in [-0.39, 0.29) is 5.97 Å². The number of allylic oxidation sites excluding steroid dienone is 1. The van der Waals surface area contributed by atoms with Crippen molar-refractivity contribution in [3.63, 3.8) is 0 Å². The van der Waals surface area contributed by atoms with E-state index in [0.717, 1.165) is 30.5 Å². The second-order valence-electron chi connectivity index (χ2n) is 7.42. The molecule has 0 spiro atoms. The predicted molar refractivity (Wildman–Crippen MR) is 99.5 cm³/mol. The Morgan fingerprint density at radius 1 is 1.25 bits per heavy atom. The molecule has 3 heteroatoms. The van der Waals surface area contributed by atoms with Gasteiger partial charge in [0, 0.05) is 12.1 Å². The zero-order valence-electron chi connectivity index (χ0n) is 15.3. The van der Waals surface area contributed by atoms with Crippen LogP contribution in [0.5, 0.6) is 0 Å². The molecule has 0 aliphatic carbocycles. The lowest BCUT2D eigenvalue weighted by atomic mass is 9.91. The Bertz CT molecular complexity index is 610. The zero-order valence-corrected chi connectivity index (χ0v) is 15.3. The number of aliphatic imine (C=N–C) groups is 1. The van der Waals surface area contributed by atoms with Crippen LogP contribution in [0.3, 0.4) is 0 Å². The van der Waals surface area contributed by atoms with Crippen molar-refractivity contribution in [2.75, 3.05) is 0 Å². The molecule has 24 heavy (non-hydrogen) atoms. The summed E-state index contributed by atoms with van der Waals surface area (Å²) in [6, 6.07) is 10.1. The highest BCUT2D eigenvalue weighted by atomic mass is 16.6. The van der Waals surface area contributed by atoms with Crippen LogP contribution in [0.25, 0.3) is 0 Å². The topological polar surface area (TPSA) is 38.7 Å². The summed E-state index contributed by atoms with van der Waals surface area (Å²) in [6.07, 6.45) is 8.49. The molecule has 2 rings (SSSR count). The highest BCUT2D eigenvalue weighted by Gasteiger charge is 2.44. The summed E-state index contributed by atoms with van der Waals surface area (Å²) in [7, 11) is 0. The minimum Gasteiger partial charge on any atom is -0.458 e. The molecule has 0 radical (unpaired) electrons. The molecule has 0 unspecified atom stereocenters. The van der Waals surface area contributed by atoms with Crippen molar-refractivity contribution in [3.8, 4) is 0 Å². The van der Waals surface area contributed by atoms with Crippen LogP contribution in [0.15, 0.2) is 47.5 Å². The van der Waals surface area contributed by atoms with Crippen molar-refractivity contribution in [1.82, 2.24) is 0 Å². The minimum atomic E-state index is -0.775. The number of rotatable bonds is 6. The van der Waals surface area contributed by atoms with Gasteiger partial charge in [-0.15, -0.1) is 0 Å². The van der Waals surface area contributed by atoms with Crippen molar-refractivity contribution in [1.29, 1.82) is 0 Å². The van der Waals surface area contributed by atoms with Crippen LogP contribution in [0.1, 0.15) is 65.4 Å². The number of ether oxygens (including phenoxy) is 1. The molecule has 0 saturated carbocycles. The summed E-state index contributed by atoms with van der Waals surface area (Å²) >= 11 is 0. The van der Waals surface area contributed by atoms with Gasteiger partial charge in [0.25, 0.3) is 0 Å². The van der Waals surface area contributed by atoms with E-state index in [4.69, 9.17) is 9.73 Å². The molecule has 0 bridgehead atoms. The highest BCUT2D eigenvalue weighted by molar-refractivity contribution is 6.04. The SMILES string of the molecule is CCC/C=C/C[C@]1(C(=O)OC(C)(C)C)CCC(c2ccccc2)=N1. The zero-order chi connectivity index (χ0) is 17.6. The second-order valence-corrected chi connectivity index (χ2v) is 7.42. The van der Waals surface area contributed by atoms with Crippen LogP contribution in [-0.4, -0.2) is 22.8 Å². The Kier molecular flexibility index (Phi) is 5.98. The number of hydrogen-bond acceptors (Lipinski definition) is 3. The van der Waals surface area contributed by atoms with E-state index < -0.39 is 11.1 Å². The summed E-state index contributed by atoms with van der Waals surface area (Å²) in [6.45, 7) is 7.86. The molecular formula is C21H29NO2. The average molecular weight is 327 g/mol. The van der Waals surface area contributed by atoms with E-state index >= 15 is 0 Å². The smallest absolute Gasteiger partial charge is 0.334 e. The van der Waals surface area contributed by atoms with E-state index in [1.54, 1.807) is 0 Å². The molecule has 1 aliphatic rings. The van der Waals surface area contributed by atoms with E-state index in [9.17, 15) is 4.79 Å². The van der Waals surface area contributed by atoms with Crippen LogP contribution >= 0.6 is 0 Å². The molecule has 0 fully saturated rings. The van der Waals surface area contributed by atoms with Gasteiger partial charge in [-0.2, -0.15) is 0 Å². The van der Waals surface area contributed by atoms with Crippen LogP contribution in [0, 0.1) is 0 Å². The van der Waals surface area contributed by atoms with Crippen molar-refractivity contribution in [3.05, 3.63) is 48.0 Å². The van der Waals surface area contributed by atoms with E-state index in [1.807, 2.05) is 39.0 Å². The highest BCUT2D eigenvalue weighted by Crippen LogP contribution is 2.34. The van der Waals surface area contributed by atoms with Crippen molar-refractivity contribution in [2.45, 2.75) is 70.9 Å². The lowest BCUT2D eigenvalue weighted by molar-refractivity contribution is -0.161. The van der Waals surface area contributed by atoms with Crippen LogP contribution in [0.4, 0.5) is 0 Å². The molecule has 3 nitrogen and oxygen atoms in total. The lowest BCUT2D eigenvalue weighted by Crippen LogP contribution is -2.40. The fourth-order valence-corrected chi connectivity index (χ4v) is 2.85. The monoisotopic (exact) mass is 327 g/mol. The van der Waals surface area contributed by atoms with E-state index in [0.29, 0.717) is 12.8 Å². The standard InChI is InChI=1S/C21H29NO2/c1-5-6-7-11-15-21(19(23)24-20(2,3)4)16-14-18(22-21)17-12-9-8-10-13-17/h7-13H,5-6,14-16H2,1-4H3/b11-7+/t21-/m1/s1. The van der Waals surface area contributed by atoms with Crippen molar-refractivity contribution >= 4 is 11.7 Å². The van der Waals surface area contributed by atoms with Gasteiger partial charge in [0.2, 0.25) is 0 Å². The molecule has 0 saturated heterocycles. The molecule has 130 valence electrons. The fourth-order valence-electron chi connectivity index (χ4n) is 2.85. The predicted octanol–water partition coefficient (Wildman–Crippen LogP) is 5.10. The van der Waals surface area contributed by atoms with E-state index in [2.05, 4.69) is 31.2 Å². The molecule has 1 aromatic rings. The molecule has 1 aromatic carbocycles. The van der Waals surface area contributed by atoms with Gasteiger partial charge in [-0.25, -0.2) is 4.79 Å². The van der Waals surface area contributed by atoms with Crippen LogP contribution in [-0.2, 0) is 9.53 Å². The normalized spacial score (nSPS) is 21.1. The fraction of sp³-hybridized carbons (Fsp3) is 0.524. The summed E-state index contributed by atoms with van der Waals surface area (Å²) in [5.74, 6) is -0.206. The summed E-state index contributed by atoms with van der Waals surface area (Å²) < 4.78 is 5.69. The van der Waals surface area contributed by atoms with Gasteiger partial charge < -0.3 is 4.74 Å².